The van der Waals surface area contributed by atoms with Crippen molar-refractivity contribution in [2.75, 3.05) is 6.54 Å². The molecule has 1 amide bonds. The van der Waals surface area contributed by atoms with Crippen LogP contribution in [0.25, 0.3) is 5.76 Å². The summed E-state index contributed by atoms with van der Waals surface area (Å²) in [5, 5.41) is 11.5. The Hall–Kier alpha value is -2.59. The zero-order valence-corrected chi connectivity index (χ0v) is 17.9. The maximum Gasteiger partial charge on any atom is 0.295 e. The number of halogens is 1. The molecule has 3 rings (SSSR count). The van der Waals surface area contributed by atoms with Crippen molar-refractivity contribution in [2.45, 2.75) is 39.7 Å². The van der Waals surface area contributed by atoms with Gasteiger partial charge in [-0.1, -0.05) is 63.6 Å². The molecule has 0 bridgehead atoms. The summed E-state index contributed by atoms with van der Waals surface area (Å²) >= 11 is 5.95. The van der Waals surface area contributed by atoms with Crippen molar-refractivity contribution in [1.29, 1.82) is 0 Å². The van der Waals surface area contributed by atoms with E-state index in [1.54, 1.807) is 29.2 Å². The number of rotatable bonds is 5. The van der Waals surface area contributed by atoms with Crippen molar-refractivity contribution in [3.63, 3.8) is 0 Å². The number of aliphatic hydroxyl groups excluding tert-OH is 1. The van der Waals surface area contributed by atoms with Crippen LogP contribution in [0, 0.1) is 5.92 Å². The molecular weight excluding hydrogens is 386 g/mol. The van der Waals surface area contributed by atoms with Crippen molar-refractivity contribution in [1.82, 2.24) is 4.90 Å². The van der Waals surface area contributed by atoms with Crippen LogP contribution >= 0.6 is 11.6 Å². The average Bonchev–Trinajstić information content (AvgIpc) is 2.92. The van der Waals surface area contributed by atoms with Gasteiger partial charge in [-0.2, -0.15) is 0 Å². The van der Waals surface area contributed by atoms with Gasteiger partial charge in [-0.05, 0) is 47.2 Å². The second kappa shape index (κ2) is 8.42. The lowest BCUT2D eigenvalue weighted by Gasteiger charge is -2.27. The molecule has 2 aromatic rings. The molecule has 5 heteroatoms. The van der Waals surface area contributed by atoms with Crippen LogP contribution in [-0.2, 0) is 9.59 Å². The van der Waals surface area contributed by atoms with E-state index in [1.807, 2.05) is 38.1 Å². The van der Waals surface area contributed by atoms with E-state index in [0.717, 1.165) is 5.56 Å². The minimum absolute atomic E-state index is 0.121. The number of amides is 1. The number of ketones is 1. The van der Waals surface area contributed by atoms with Crippen molar-refractivity contribution >= 4 is 29.1 Å². The van der Waals surface area contributed by atoms with E-state index in [2.05, 4.69) is 13.8 Å². The molecule has 1 fully saturated rings. The SMILES string of the molecule is CC(C)CN1C(=O)C(=O)/C(=C(\O)c2ccc(Cl)cc2)C1c1ccc(C(C)C)cc1. The molecule has 1 aliphatic heterocycles. The molecule has 1 unspecified atom stereocenters. The van der Waals surface area contributed by atoms with Crippen molar-refractivity contribution in [3.05, 3.63) is 75.8 Å². The zero-order valence-electron chi connectivity index (χ0n) is 17.1. The molecule has 1 saturated heterocycles. The summed E-state index contributed by atoms with van der Waals surface area (Å²) in [6.45, 7) is 8.65. The maximum absolute atomic E-state index is 12.9. The third-order valence-corrected chi connectivity index (χ3v) is 5.39. The number of nitrogens with zero attached hydrogens (tertiary/aromatic N) is 1. The Labute approximate surface area is 176 Å². The summed E-state index contributed by atoms with van der Waals surface area (Å²) in [5.41, 5.74) is 2.56. The normalized spacial score (nSPS) is 18.9. The molecular formula is C24H26ClNO3. The van der Waals surface area contributed by atoms with Gasteiger partial charge in [0.15, 0.2) is 0 Å². The van der Waals surface area contributed by atoms with Crippen LogP contribution in [0.2, 0.25) is 5.02 Å². The van der Waals surface area contributed by atoms with Gasteiger partial charge in [0.05, 0.1) is 11.6 Å². The number of hydrogen-bond acceptors (Lipinski definition) is 3. The summed E-state index contributed by atoms with van der Waals surface area (Å²) in [6, 6.07) is 13.9. The molecule has 0 saturated carbocycles. The Morgan fingerprint density at radius 3 is 2.10 bits per heavy atom. The van der Waals surface area contributed by atoms with Crippen molar-refractivity contribution in [2.24, 2.45) is 5.92 Å². The van der Waals surface area contributed by atoms with E-state index in [1.165, 1.54) is 5.56 Å². The third kappa shape index (κ3) is 4.23. The predicted octanol–water partition coefficient (Wildman–Crippen LogP) is 5.54. The largest absolute Gasteiger partial charge is 0.507 e. The summed E-state index contributed by atoms with van der Waals surface area (Å²) < 4.78 is 0. The van der Waals surface area contributed by atoms with E-state index in [-0.39, 0.29) is 17.3 Å². The van der Waals surface area contributed by atoms with Gasteiger partial charge in [0, 0.05) is 17.1 Å². The molecule has 29 heavy (non-hydrogen) atoms. The number of hydrogen-bond donors (Lipinski definition) is 1. The monoisotopic (exact) mass is 411 g/mol. The highest BCUT2D eigenvalue weighted by molar-refractivity contribution is 6.46. The van der Waals surface area contributed by atoms with Gasteiger partial charge in [0.2, 0.25) is 0 Å². The Morgan fingerprint density at radius 1 is 1.00 bits per heavy atom. The van der Waals surface area contributed by atoms with E-state index in [0.29, 0.717) is 23.0 Å². The third-order valence-electron chi connectivity index (χ3n) is 5.14. The molecule has 1 aliphatic rings. The zero-order chi connectivity index (χ0) is 21.3. The minimum atomic E-state index is -0.656. The molecule has 0 aliphatic carbocycles. The topological polar surface area (TPSA) is 57.6 Å². The van der Waals surface area contributed by atoms with Gasteiger partial charge in [-0.3, -0.25) is 9.59 Å². The Balaban J connectivity index is 2.15. The van der Waals surface area contributed by atoms with Crippen LogP contribution in [0.4, 0.5) is 0 Å². The lowest BCUT2D eigenvalue weighted by atomic mass is 9.93. The van der Waals surface area contributed by atoms with Crippen LogP contribution in [0.3, 0.4) is 0 Å². The van der Waals surface area contributed by atoms with Crippen molar-refractivity contribution in [3.8, 4) is 0 Å². The quantitative estimate of drug-likeness (QED) is 0.399. The Kier molecular flexibility index (Phi) is 6.13. The van der Waals surface area contributed by atoms with E-state index in [4.69, 9.17) is 11.6 Å². The molecule has 1 atom stereocenters. The fourth-order valence-corrected chi connectivity index (χ4v) is 3.76. The summed E-state index contributed by atoms with van der Waals surface area (Å²) in [4.78, 5) is 27.3. The Morgan fingerprint density at radius 2 is 1.59 bits per heavy atom. The smallest absolute Gasteiger partial charge is 0.295 e. The van der Waals surface area contributed by atoms with E-state index >= 15 is 0 Å². The van der Waals surface area contributed by atoms with Gasteiger partial charge in [-0.25, -0.2) is 0 Å². The van der Waals surface area contributed by atoms with Gasteiger partial charge in [0.25, 0.3) is 11.7 Å². The first kappa shape index (κ1) is 21.1. The second-order valence-corrected chi connectivity index (χ2v) is 8.61. The van der Waals surface area contributed by atoms with Gasteiger partial charge in [0.1, 0.15) is 5.76 Å². The Bertz CT molecular complexity index is 943. The average molecular weight is 412 g/mol. The number of carbonyl (C=O) groups is 2. The van der Waals surface area contributed by atoms with Gasteiger partial charge in [-0.15, -0.1) is 0 Å². The first-order valence-corrected chi connectivity index (χ1v) is 10.2. The molecule has 1 N–H and O–H groups in total. The van der Waals surface area contributed by atoms with Gasteiger partial charge < -0.3 is 10.0 Å². The molecule has 0 aromatic heterocycles. The lowest BCUT2D eigenvalue weighted by molar-refractivity contribution is -0.140. The number of benzene rings is 2. The first-order valence-electron chi connectivity index (χ1n) is 9.85. The molecule has 152 valence electrons. The minimum Gasteiger partial charge on any atom is -0.507 e. The predicted molar refractivity (Wildman–Crippen MR) is 116 cm³/mol. The highest BCUT2D eigenvalue weighted by atomic mass is 35.5. The molecule has 0 radical (unpaired) electrons. The van der Waals surface area contributed by atoms with Crippen LogP contribution in [0.5, 0.6) is 0 Å². The van der Waals surface area contributed by atoms with Crippen LogP contribution in [0.15, 0.2) is 54.1 Å². The highest BCUT2D eigenvalue weighted by Crippen LogP contribution is 2.40. The summed E-state index contributed by atoms with van der Waals surface area (Å²) in [6.07, 6.45) is 0. The van der Waals surface area contributed by atoms with E-state index in [9.17, 15) is 14.7 Å². The number of carbonyl (C=O) groups excluding carboxylic acids is 2. The van der Waals surface area contributed by atoms with Crippen molar-refractivity contribution < 1.29 is 14.7 Å². The highest BCUT2D eigenvalue weighted by Gasteiger charge is 2.46. The summed E-state index contributed by atoms with van der Waals surface area (Å²) in [7, 11) is 0. The fourth-order valence-electron chi connectivity index (χ4n) is 3.63. The second-order valence-electron chi connectivity index (χ2n) is 8.17. The molecule has 0 spiro atoms. The molecule has 4 nitrogen and oxygen atoms in total. The maximum atomic E-state index is 12.9. The standard InChI is InChI=1S/C24H26ClNO3/c1-14(2)13-26-21(17-7-5-16(6-8-17)15(3)4)20(23(28)24(26)29)22(27)18-9-11-19(25)12-10-18/h5-12,14-15,21,27H,13H2,1-4H3/b22-20-. The molecule has 1 heterocycles. The van der Waals surface area contributed by atoms with E-state index < -0.39 is 17.7 Å². The van der Waals surface area contributed by atoms with Crippen LogP contribution < -0.4 is 0 Å². The van der Waals surface area contributed by atoms with Crippen LogP contribution in [-0.4, -0.2) is 28.2 Å². The fraction of sp³-hybridized carbons (Fsp3) is 0.333. The molecule has 2 aromatic carbocycles. The lowest BCUT2D eigenvalue weighted by Crippen LogP contribution is -2.33. The number of aliphatic hydroxyl groups is 1. The first-order chi connectivity index (χ1) is 13.7. The van der Waals surface area contributed by atoms with Crippen LogP contribution in [0.1, 0.15) is 56.3 Å². The van der Waals surface area contributed by atoms with Gasteiger partial charge >= 0.3 is 0 Å². The number of likely N-dealkylation sites (tertiary alicyclic amines) is 1. The number of Topliss-reactive ketones (excluding diaryl/α,β-unsaturated/α-hetero) is 1. The summed E-state index contributed by atoms with van der Waals surface area (Å²) in [5.74, 6) is -0.853.